The Bertz CT molecular complexity index is 618. The van der Waals surface area contributed by atoms with Gasteiger partial charge in [-0.2, -0.15) is 11.8 Å². The number of cyclic esters (lactones) is 1. The molecule has 166 valence electrons. The van der Waals surface area contributed by atoms with Crippen molar-refractivity contribution in [1.29, 1.82) is 0 Å². The van der Waals surface area contributed by atoms with Crippen molar-refractivity contribution < 1.29 is 29.3 Å². The number of hydrogen-bond acceptors (Lipinski definition) is 7. The van der Waals surface area contributed by atoms with E-state index in [4.69, 9.17) is 20.3 Å². The number of nitrogens with two attached hydrogens (primary N) is 1. The first-order valence-corrected chi connectivity index (χ1v) is 10.9. The third kappa shape index (κ3) is 8.50. The van der Waals surface area contributed by atoms with Crippen LogP contribution >= 0.6 is 11.8 Å². The summed E-state index contributed by atoms with van der Waals surface area (Å²) in [6.07, 6.45) is 6.56. The predicted molar refractivity (Wildman–Crippen MR) is 115 cm³/mol. The van der Waals surface area contributed by atoms with Crippen molar-refractivity contribution in [3.05, 3.63) is 23.8 Å². The van der Waals surface area contributed by atoms with E-state index in [1.165, 1.54) is 0 Å². The molecule has 0 saturated carbocycles. The van der Waals surface area contributed by atoms with E-state index >= 15 is 0 Å². The van der Waals surface area contributed by atoms with Crippen molar-refractivity contribution in [2.75, 3.05) is 12.9 Å². The molecule has 29 heavy (non-hydrogen) atoms. The second kappa shape index (κ2) is 11.7. The number of esters is 1. The van der Waals surface area contributed by atoms with E-state index in [9.17, 15) is 14.7 Å². The van der Waals surface area contributed by atoms with Gasteiger partial charge in [0.05, 0.1) is 18.1 Å². The standard InChI is InChI=1S/C21H35NO6S/c1-13-7-6-8-14(2)17(27-5)9-10-21(4,26)18(11-19(23)28-15(13)3)29-12-16(22)20(24)25/h8-10,13,15-18,26H,6-7,11-12,22H2,1-5H3,(H,24,25)/b10-9+,14-8+/t13-,15+,16-,17-,18+,21+/m0/s1. The SMILES string of the molecule is CO[C@H]1/C=C/[C@@](C)(O)[C@H](SC[C@H](N)C(=O)O)CC(=O)O[C@H](C)[C@@H](C)CC/C=C/1C. The van der Waals surface area contributed by atoms with Crippen LogP contribution in [0.15, 0.2) is 23.8 Å². The highest BCUT2D eigenvalue weighted by Crippen LogP contribution is 2.30. The lowest BCUT2D eigenvalue weighted by Gasteiger charge is -2.31. The Morgan fingerprint density at radius 2 is 2.14 bits per heavy atom. The van der Waals surface area contributed by atoms with Gasteiger partial charge in [0, 0.05) is 18.1 Å². The predicted octanol–water partition coefficient (Wildman–Crippen LogP) is 2.52. The van der Waals surface area contributed by atoms with E-state index in [-0.39, 0.29) is 30.3 Å². The van der Waals surface area contributed by atoms with Gasteiger partial charge in [0.25, 0.3) is 0 Å². The van der Waals surface area contributed by atoms with Crippen LogP contribution in [0.2, 0.25) is 0 Å². The van der Waals surface area contributed by atoms with Gasteiger partial charge < -0.3 is 25.4 Å². The Labute approximate surface area is 177 Å². The molecule has 0 aliphatic carbocycles. The number of carboxylic acids is 1. The molecule has 0 bridgehead atoms. The molecule has 4 N–H and O–H groups in total. The molecule has 0 aromatic heterocycles. The zero-order valence-electron chi connectivity index (χ0n) is 18.0. The zero-order chi connectivity index (χ0) is 22.2. The first-order chi connectivity index (χ1) is 13.5. The fourth-order valence-electron chi connectivity index (χ4n) is 2.98. The highest BCUT2D eigenvalue weighted by Gasteiger charge is 2.34. The summed E-state index contributed by atoms with van der Waals surface area (Å²) in [6, 6.07) is -1.08. The molecule has 0 aromatic rings. The monoisotopic (exact) mass is 429 g/mol. The van der Waals surface area contributed by atoms with E-state index in [0.29, 0.717) is 0 Å². The largest absolute Gasteiger partial charge is 0.480 e. The molecule has 1 heterocycles. The van der Waals surface area contributed by atoms with Crippen LogP contribution in [0, 0.1) is 5.92 Å². The average Bonchev–Trinajstić information content (AvgIpc) is 2.63. The average molecular weight is 430 g/mol. The minimum Gasteiger partial charge on any atom is -0.480 e. The maximum atomic E-state index is 12.5. The normalized spacial score (nSPS) is 36.2. The second-order valence-corrected chi connectivity index (χ2v) is 9.15. The molecule has 0 aromatic carbocycles. The Morgan fingerprint density at radius 3 is 2.72 bits per heavy atom. The van der Waals surface area contributed by atoms with Gasteiger partial charge in [-0.3, -0.25) is 9.59 Å². The zero-order valence-corrected chi connectivity index (χ0v) is 18.8. The molecule has 1 aliphatic heterocycles. The van der Waals surface area contributed by atoms with Crippen LogP contribution in [0.5, 0.6) is 0 Å². The topological polar surface area (TPSA) is 119 Å². The summed E-state index contributed by atoms with van der Waals surface area (Å²) in [4.78, 5) is 23.5. The summed E-state index contributed by atoms with van der Waals surface area (Å²) in [5.74, 6) is -1.31. The third-order valence-electron chi connectivity index (χ3n) is 5.32. The van der Waals surface area contributed by atoms with E-state index in [1.54, 1.807) is 26.2 Å². The summed E-state index contributed by atoms with van der Waals surface area (Å²) in [6.45, 7) is 7.47. The number of allylic oxidation sites excluding steroid dienone is 1. The fourth-order valence-corrected chi connectivity index (χ4v) is 4.23. The number of methoxy groups -OCH3 is 1. The number of ether oxygens (including phenoxy) is 2. The van der Waals surface area contributed by atoms with Gasteiger partial charge in [-0.1, -0.05) is 25.2 Å². The van der Waals surface area contributed by atoms with Crippen LogP contribution in [0.4, 0.5) is 0 Å². The molecule has 1 aliphatic rings. The van der Waals surface area contributed by atoms with Crippen LogP contribution in [0.1, 0.15) is 47.0 Å². The quantitative estimate of drug-likeness (QED) is 0.451. The maximum Gasteiger partial charge on any atom is 0.321 e. The first kappa shape index (κ1) is 25.7. The van der Waals surface area contributed by atoms with Crippen LogP contribution in [-0.2, 0) is 19.1 Å². The number of aliphatic hydroxyl groups is 1. The van der Waals surface area contributed by atoms with Gasteiger partial charge in [0.2, 0.25) is 0 Å². The second-order valence-electron chi connectivity index (χ2n) is 7.91. The number of carbonyl (C=O) groups excluding carboxylic acids is 1. The lowest BCUT2D eigenvalue weighted by atomic mass is 9.95. The lowest BCUT2D eigenvalue weighted by molar-refractivity contribution is -0.151. The first-order valence-electron chi connectivity index (χ1n) is 9.88. The highest BCUT2D eigenvalue weighted by molar-refractivity contribution is 8.00. The smallest absolute Gasteiger partial charge is 0.321 e. The maximum absolute atomic E-state index is 12.5. The molecule has 8 heteroatoms. The number of carboxylic acid groups (broad SMARTS) is 1. The molecule has 6 atom stereocenters. The van der Waals surface area contributed by atoms with Gasteiger partial charge in [-0.25, -0.2) is 0 Å². The Hall–Kier alpha value is -1.35. The summed E-state index contributed by atoms with van der Waals surface area (Å²) in [5.41, 5.74) is 5.25. The van der Waals surface area contributed by atoms with Crippen molar-refractivity contribution in [2.45, 2.75) is 76.1 Å². The minimum atomic E-state index is -1.39. The number of hydrogen-bond donors (Lipinski definition) is 3. The van der Waals surface area contributed by atoms with Gasteiger partial charge >= 0.3 is 11.9 Å². The summed E-state index contributed by atoms with van der Waals surface area (Å²) < 4.78 is 11.1. The summed E-state index contributed by atoms with van der Waals surface area (Å²) in [7, 11) is 1.60. The number of carbonyl (C=O) groups is 2. The molecule has 0 radical (unpaired) electrons. The van der Waals surface area contributed by atoms with Crippen molar-refractivity contribution in [2.24, 2.45) is 11.7 Å². The van der Waals surface area contributed by atoms with Gasteiger partial charge in [-0.05, 0) is 45.1 Å². The molecule has 0 amide bonds. The van der Waals surface area contributed by atoms with E-state index in [1.807, 2.05) is 20.8 Å². The van der Waals surface area contributed by atoms with E-state index < -0.39 is 28.8 Å². The van der Waals surface area contributed by atoms with Gasteiger partial charge in [0.15, 0.2) is 0 Å². The van der Waals surface area contributed by atoms with Crippen molar-refractivity contribution in [3.63, 3.8) is 0 Å². The van der Waals surface area contributed by atoms with Crippen molar-refractivity contribution in [3.8, 4) is 0 Å². The number of rotatable bonds is 5. The molecular formula is C21H35NO6S. The minimum absolute atomic E-state index is 0.0577. The molecule has 1 rings (SSSR count). The van der Waals surface area contributed by atoms with E-state index in [0.717, 1.165) is 30.2 Å². The van der Waals surface area contributed by atoms with Crippen LogP contribution in [-0.4, -0.2) is 64.1 Å². The van der Waals surface area contributed by atoms with Crippen molar-refractivity contribution in [1.82, 2.24) is 0 Å². The van der Waals surface area contributed by atoms with Crippen LogP contribution < -0.4 is 5.73 Å². The van der Waals surface area contributed by atoms with Crippen LogP contribution in [0.3, 0.4) is 0 Å². The molecule has 0 saturated heterocycles. The summed E-state index contributed by atoms with van der Waals surface area (Å²) >= 11 is 1.15. The van der Waals surface area contributed by atoms with Gasteiger partial charge in [0.1, 0.15) is 12.1 Å². The Morgan fingerprint density at radius 1 is 1.48 bits per heavy atom. The third-order valence-corrected chi connectivity index (χ3v) is 6.91. The highest BCUT2D eigenvalue weighted by atomic mass is 32.2. The van der Waals surface area contributed by atoms with Crippen LogP contribution in [0.25, 0.3) is 0 Å². The molecule has 7 nitrogen and oxygen atoms in total. The lowest BCUT2D eigenvalue weighted by Crippen LogP contribution is -2.40. The molecule has 0 fully saturated rings. The van der Waals surface area contributed by atoms with Gasteiger partial charge in [-0.15, -0.1) is 0 Å². The molecule has 0 spiro atoms. The molecule has 0 unspecified atom stereocenters. The summed E-state index contributed by atoms with van der Waals surface area (Å²) in [5, 5.41) is 19.5. The Balaban J connectivity index is 3.17. The molecular weight excluding hydrogens is 394 g/mol. The Kier molecular flexibility index (Phi) is 10.4. The number of aliphatic carboxylic acids is 1. The van der Waals surface area contributed by atoms with E-state index in [2.05, 4.69) is 6.08 Å². The number of thioether (sulfide) groups is 1. The fraction of sp³-hybridized carbons (Fsp3) is 0.714. The van der Waals surface area contributed by atoms with Crippen molar-refractivity contribution >= 4 is 23.7 Å².